The number of aliphatic carboxylic acids is 1. The van der Waals surface area contributed by atoms with Crippen molar-refractivity contribution in [3.63, 3.8) is 0 Å². The van der Waals surface area contributed by atoms with Crippen LogP contribution >= 0.6 is 0 Å². The molecule has 0 aromatic rings. The lowest BCUT2D eigenvalue weighted by Crippen LogP contribution is -2.40. The van der Waals surface area contributed by atoms with Gasteiger partial charge >= 0.3 is 11.9 Å². The lowest BCUT2D eigenvalue weighted by Gasteiger charge is -2.15. The summed E-state index contributed by atoms with van der Waals surface area (Å²) in [7, 11) is 0. The van der Waals surface area contributed by atoms with E-state index in [9.17, 15) is 19.5 Å². The number of unbranched alkanes of at least 4 members (excludes halogenated alkanes) is 7. The normalized spacial score (nSPS) is 13.7. The smallest absolute Gasteiger partial charge is 0.326 e. The predicted octanol–water partition coefficient (Wildman–Crippen LogP) is 10.6. The van der Waals surface area contributed by atoms with Gasteiger partial charge in [0, 0.05) is 12.8 Å². The highest BCUT2D eigenvalue weighted by atomic mass is 16.5. The van der Waals surface area contributed by atoms with Gasteiger partial charge in [-0.05, 0) is 109 Å². The van der Waals surface area contributed by atoms with Crippen LogP contribution in [0.5, 0.6) is 0 Å². The highest BCUT2D eigenvalue weighted by Gasteiger charge is 2.18. The van der Waals surface area contributed by atoms with Crippen LogP contribution < -0.4 is 11.1 Å². The Morgan fingerprint density at radius 3 is 1.76 bits per heavy atom. The SMILES string of the molecule is CC/C=C\C/C=C\C/C=C\C/C=C\C/C=C\CCCCCC(=O)OC(/C=C\C/C=C\CCC)CCCCCCC(=O)NC(CCCN)C(=O)O. The van der Waals surface area contributed by atoms with E-state index in [1.54, 1.807) is 0 Å². The molecule has 0 aliphatic heterocycles. The Morgan fingerprint density at radius 2 is 1.16 bits per heavy atom. The minimum atomic E-state index is -1.03. The third-order valence-electron chi connectivity index (χ3n) is 7.91. The molecule has 50 heavy (non-hydrogen) atoms. The van der Waals surface area contributed by atoms with Crippen LogP contribution in [0.4, 0.5) is 0 Å². The van der Waals surface area contributed by atoms with Crippen molar-refractivity contribution in [2.24, 2.45) is 5.73 Å². The number of ether oxygens (including phenoxy) is 1. The summed E-state index contributed by atoms with van der Waals surface area (Å²) in [6.07, 6.45) is 47.9. The molecular weight excluding hydrogens is 624 g/mol. The van der Waals surface area contributed by atoms with E-state index >= 15 is 0 Å². The van der Waals surface area contributed by atoms with Gasteiger partial charge < -0.3 is 20.9 Å². The molecule has 0 saturated carbocycles. The lowest BCUT2D eigenvalue weighted by atomic mass is 10.1. The quantitative estimate of drug-likeness (QED) is 0.0357. The molecule has 1 amide bonds. The van der Waals surface area contributed by atoms with E-state index < -0.39 is 12.0 Å². The van der Waals surface area contributed by atoms with Crippen LogP contribution in [-0.4, -0.2) is 41.6 Å². The molecule has 2 atom stereocenters. The van der Waals surface area contributed by atoms with Crippen LogP contribution in [0.15, 0.2) is 85.1 Å². The number of nitrogens with two attached hydrogens (primary N) is 1. The predicted molar refractivity (Wildman–Crippen MR) is 211 cm³/mol. The van der Waals surface area contributed by atoms with Gasteiger partial charge in [-0.15, -0.1) is 0 Å². The van der Waals surface area contributed by atoms with Crippen LogP contribution in [-0.2, 0) is 19.1 Å². The topological polar surface area (TPSA) is 119 Å². The van der Waals surface area contributed by atoms with E-state index in [0.717, 1.165) is 103 Å². The minimum Gasteiger partial charge on any atom is -0.480 e. The third-order valence-corrected chi connectivity index (χ3v) is 7.91. The minimum absolute atomic E-state index is 0.143. The number of esters is 1. The van der Waals surface area contributed by atoms with E-state index in [1.807, 2.05) is 6.08 Å². The molecule has 4 N–H and O–H groups in total. The highest BCUT2D eigenvalue weighted by Crippen LogP contribution is 2.14. The summed E-state index contributed by atoms with van der Waals surface area (Å²) in [6, 6.07) is -0.881. The number of carboxylic acids is 1. The molecule has 0 fully saturated rings. The number of amides is 1. The number of rotatable bonds is 33. The first-order valence-corrected chi connectivity index (χ1v) is 19.4. The molecular formula is C43H70N2O5. The summed E-state index contributed by atoms with van der Waals surface area (Å²) in [5, 5.41) is 11.9. The van der Waals surface area contributed by atoms with Gasteiger partial charge in [0.05, 0.1) is 0 Å². The van der Waals surface area contributed by atoms with Crippen LogP contribution in [0, 0.1) is 0 Å². The van der Waals surface area contributed by atoms with Crippen LogP contribution in [0.25, 0.3) is 0 Å². The summed E-state index contributed by atoms with van der Waals surface area (Å²) in [6.45, 7) is 4.70. The molecule has 0 aliphatic carbocycles. The van der Waals surface area contributed by atoms with Gasteiger partial charge in [0.15, 0.2) is 0 Å². The first-order valence-electron chi connectivity index (χ1n) is 19.4. The Hall–Kier alpha value is -3.45. The Balaban J connectivity index is 4.29. The van der Waals surface area contributed by atoms with E-state index in [4.69, 9.17) is 10.5 Å². The molecule has 0 aromatic heterocycles. The maximum atomic E-state index is 12.6. The molecule has 0 bridgehead atoms. The Kier molecular flexibility index (Phi) is 34.3. The van der Waals surface area contributed by atoms with Crippen molar-refractivity contribution < 1.29 is 24.2 Å². The van der Waals surface area contributed by atoms with Crippen molar-refractivity contribution in [3.8, 4) is 0 Å². The van der Waals surface area contributed by atoms with Gasteiger partial charge in [-0.2, -0.15) is 0 Å². The standard InChI is InChI=1S/C43H70N2O5/c1-3-5-7-9-11-12-13-14-15-16-17-18-19-20-21-22-23-25-31-37-42(47)50-39(33-28-24-10-8-6-4-2)34-29-26-27-30-36-41(46)45-40(43(48)49)35-32-38-44/h5,7-8,10-12,14-15,17-18,20-21,28,33,39-40H,3-4,6,9,13,16,19,22-27,29-32,34-38,44H2,1-2H3,(H,45,46)(H,48,49)/b7-5-,10-8-,12-11-,15-14-,18-17-,21-20-,33-28-. The average Bonchev–Trinajstić information content (AvgIpc) is 3.10. The summed E-state index contributed by atoms with van der Waals surface area (Å²) in [4.78, 5) is 36.1. The number of allylic oxidation sites excluding steroid dienone is 13. The fourth-order valence-electron chi connectivity index (χ4n) is 5.02. The van der Waals surface area contributed by atoms with Gasteiger partial charge in [0.1, 0.15) is 12.1 Å². The molecule has 282 valence electrons. The summed E-state index contributed by atoms with van der Waals surface area (Å²) < 4.78 is 5.85. The van der Waals surface area contributed by atoms with Crippen molar-refractivity contribution in [2.45, 2.75) is 161 Å². The maximum Gasteiger partial charge on any atom is 0.326 e. The van der Waals surface area contributed by atoms with E-state index in [1.165, 1.54) is 0 Å². The second-order valence-corrected chi connectivity index (χ2v) is 12.6. The van der Waals surface area contributed by atoms with E-state index in [-0.39, 0.29) is 18.0 Å². The van der Waals surface area contributed by atoms with Crippen molar-refractivity contribution in [1.29, 1.82) is 0 Å². The molecule has 0 spiro atoms. The summed E-state index contributed by atoms with van der Waals surface area (Å²) >= 11 is 0. The lowest BCUT2D eigenvalue weighted by molar-refractivity contribution is -0.147. The van der Waals surface area contributed by atoms with E-state index in [0.29, 0.717) is 38.6 Å². The highest BCUT2D eigenvalue weighted by molar-refractivity contribution is 5.83. The van der Waals surface area contributed by atoms with Gasteiger partial charge in [-0.1, -0.05) is 119 Å². The monoisotopic (exact) mass is 695 g/mol. The second kappa shape index (κ2) is 36.8. The van der Waals surface area contributed by atoms with E-state index in [2.05, 4.69) is 98.2 Å². The van der Waals surface area contributed by atoms with Gasteiger partial charge in [0.25, 0.3) is 0 Å². The largest absolute Gasteiger partial charge is 0.480 e. The maximum absolute atomic E-state index is 12.6. The molecule has 0 rings (SSSR count). The third kappa shape index (κ3) is 33.1. The number of carbonyl (C=O) groups is 3. The van der Waals surface area contributed by atoms with Gasteiger partial charge in [-0.3, -0.25) is 9.59 Å². The number of hydrogen-bond donors (Lipinski definition) is 3. The number of carboxylic acid groups (broad SMARTS) is 1. The van der Waals surface area contributed by atoms with Crippen LogP contribution in [0.2, 0.25) is 0 Å². The number of nitrogens with one attached hydrogen (secondary N) is 1. The molecule has 7 nitrogen and oxygen atoms in total. The molecule has 0 heterocycles. The van der Waals surface area contributed by atoms with Gasteiger partial charge in [0.2, 0.25) is 5.91 Å². The number of hydrogen-bond acceptors (Lipinski definition) is 5. The first-order chi connectivity index (χ1) is 24.4. The summed E-state index contributed by atoms with van der Waals surface area (Å²) in [5.41, 5.74) is 5.46. The number of carbonyl (C=O) groups excluding carboxylic acids is 2. The Labute approximate surface area is 305 Å². The van der Waals surface area contributed by atoms with Crippen molar-refractivity contribution in [2.75, 3.05) is 6.54 Å². The zero-order chi connectivity index (χ0) is 36.8. The molecule has 0 radical (unpaired) electrons. The van der Waals surface area contributed by atoms with Crippen LogP contribution in [0.1, 0.15) is 149 Å². The van der Waals surface area contributed by atoms with Crippen LogP contribution in [0.3, 0.4) is 0 Å². The second-order valence-electron chi connectivity index (χ2n) is 12.6. The first kappa shape index (κ1) is 46.5. The fourth-order valence-corrected chi connectivity index (χ4v) is 5.02. The van der Waals surface area contributed by atoms with Crippen molar-refractivity contribution in [1.82, 2.24) is 5.32 Å². The zero-order valence-corrected chi connectivity index (χ0v) is 31.5. The average molecular weight is 695 g/mol. The molecule has 0 saturated heterocycles. The zero-order valence-electron chi connectivity index (χ0n) is 31.5. The van der Waals surface area contributed by atoms with Crippen molar-refractivity contribution in [3.05, 3.63) is 85.1 Å². The Morgan fingerprint density at radius 1 is 0.620 bits per heavy atom. The Bertz CT molecular complexity index is 1050. The van der Waals surface area contributed by atoms with Gasteiger partial charge in [-0.25, -0.2) is 4.79 Å². The van der Waals surface area contributed by atoms with Crippen molar-refractivity contribution >= 4 is 17.8 Å². The summed E-state index contributed by atoms with van der Waals surface area (Å²) in [5.74, 6) is -1.41. The molecule has 0 aliphatic rings. The molecule has 7 heteroatoms. The molecule has 2 unspecified atom stereocenters. The fraction of sp³-hybridized carbons (Fsp3) is 0.605. The molecule has 0 aromatic carbocycles.